The summed E-state index contributed by atoms with van der Waals surface area (Å²) in [6, 6.07) is 1.93. The van der Waals surface area contributed by atoms with Crippen molar-refractivity contribution in [2.75, 3.05) is 6.61 Å². The molecule has 1 aliphatic rings. The normalized spacial score (nSPS) is 14.2. The summed E-state index contributed by atoms with van der Waals surface area (Å²) in [4.78, 5) is 10.5. The Morgan fingerprint density at radius 1 is 1.37 bits per heavy atom. The molecule has 19 heavy (non-hydrogen) atoms. The van der Waals surface area contributed by atoms with Crippen molar-refractivity contribution in [3.8, 4) is 11.5 Å². The number of halogens is 4. The van der Waals surface area contributed by atoms with Crippen molar-refractivity contribution in [3.63, 3.8) is 0 Å². The lowest BCUT2D eigenvalue weighted by Gasteiger charge is -2.17. The molecule has 0 saturated heterocycles. The number of hydrogen-bond donors (Lipinski definition) is 0. The highest BCUT2D eigenvalue weighted by atomic mass is 32.2. The molecule has 0 bridgehead atoms. The van der Waals surface area contributed by atoms with E-state index in [1.807, 2.05) is 0 Å². The summed E-state index contributed by atoms with van der Waals surface area (Å²) in [5.74, 6) is -1.11. The van der Waals surface area contributed by atoms with E-state index in [4.69, 9.17) is 4.74 Å². The van der Waals surface area contributed by atoms with Gasteiger partial charge in [0.1, 0.15) is 30.2 Å². The number of benzene rings is 1. The van der Waals surface area contributed by atoms with Crippen molar-refractivity contribution in [3.05, 3.63) is 29.1 Å². The van der Waals surface area contributed by atoms with Gasteiger partial charge in [0.25, 0.3) is 0 Å². The monoisotopic (exact) mass is 294 g/mol. The van der Waals surface area contributed by atoms with Gasteiger partial charge in [-0.2, -0.15) is 13.2 Å². The maximum Gasteiger partial charge on any atom is 0.479 e. The van der Waals surface area contributed by atoms with Crippen LogP contribution in [0.4, 0.5) is 17.6 Å². The Bertz CT molecular complexity index is 539. The third kappa shape index (κ3) is 3.40. The number of carbonyl (C=O) groups excluding carboxylic acids is 1. The molecular formula is C11H6F4O3S. The van der Waals surface area contributed by atoms with Gasteiger partial charge in [-0.25, -0.2) is 4.39 Å². The fourth-order valence-electron chi connectivity index (χ4n) is 1.43. The van der Waals surface area contributed by atoms with E-state index in [2.05, 4.69) is 4.18 Å². The summed E-state index contributed by atoms with van der Waals surface area (Å²) in [5.41, 5.74) is -4.33. The molecule has 1 heterocycles. The van der Waals surface area contributed by atoms with Crippen LogP contribution in [-0.2, 0) is 4.79 Å². The predicted molar refractivity (Wildman–Crippen MR) is 60.2 cm³/mol. The highest BCUT2D eigenvalue weighted by Gasteiger charge is 2.31. The molecule has 1 aromatic carbocycles. The van der Waals surface area contributed by atoms with Crippen LogP contribution in [0.3, 0.4) is 0 Å². The van der Waals surface area contributed by atoms with Gasteiger partial charge in [0.15, 0.2) is 12.0 Å². The quantitative estimate of drug-likeness (QED) is 0.486. The number of alkyl halides is 3. The van der Waals surface area contributed by atoms with E-state index < -0.39 is 23.4 Å². The summed E-state index contributed by atoms with van der Waals surface area (Å²) in [7, 11) is 0. The first kappa shape index (κ1) is 13.7. The second-order valence-electron chi connectivity index (χ2n) is 3.56. The second kappa shape index (κ2) is 5.12. The Hall–Kier alpha value is -1.70. The van der Waals surface area contributed by atoms with Crippen LogP contribution in [0.1, 0.15) is 5.56 Å². The lowest BCUT2D eigenvalue weighted by atomic mass is 10.1. The molecule has 1 aliphatic heterocycles. The average molecular weight is 294 g/mol. The molecule has 0 radical (unpaired) electrons. The van der Waals surface area contributed by atoms with Crippen LogP contribution in [0.15, 0.2) is 17.7 Å². The SMILES string of the molecule is O=CC1=Cc2c(F)cc(OSC(F)(F)F)cc2OC1. The fraction of sp³-hybridized carbons (Fsp3) is 0.182. The van der Waals surface area contributed by atoms with Crippen LogP contribution in [-0.4, -0.2) is 18.4 Å². The van der Waals surface area contributed by atoms with Crippen LogP contribution >= 0.6 is 12.0 Å². The van der Waals surface area contributed by atoms with Crippen molar-refractivity contribution < 1.29 is 31.3 Å². The summed E-state index contributed by atoms with van der Waals surface area (Å²) < 4.78 is 58.9. The maximum atomic E-state index is 13.7. The summed E-state index contributed by atoms with van der Waals surface area (Å²) in [6.07, 6.45) is 1.80. The first-order chi connectivity index (χ1) is 8.89. The van der Waals surface area contributed by atoms with Gasteiger partial charge >= 0.3 is 5.51 Å². The predicted octanol–water partition coefficient (Wildman–Crippen LogP) is 3.35. The largest absolute Gasteiger partial charge is 0.488 e. The van der Waals surface area contributed by atoms with Crippen molar-refractivity contribution in [2.24, 2.45) is 0 Å². The highest BCUT2D eigenvalue weighted by molar-refractivity contribution is 7.95. The third-order valence-corrected chi connectivity index (χ3v) is 2.64. The maximum absolute atomic E-state index is 13.7. The van der Waals surface area contributed by atoms with Crippen molar-refractivity contribution in [1.29, 1.82) is 0 Å². The zero-order valence-corrected chi connectivity index (χ0v) is 9.98. The Morgan fingerprint density at radius 2 is 2.11 bits per heavy atom. The van der Waals surface area contributed by atoms with Gasteiger partial charge in [-0.1, -0.05) is 0 Å². The van der Waals surface area contributed by atoms with Gasteiger partial charge in [-0.3, -0.25) is 4.79 Å². The van der Waals surface area contributed by atoms with E-state index in [9.17, 15) is 22.4 Å². The molecule has 0 spiro atoms. The number of hydrogen-bond acceptors (Lipinski definition) is 4. The van der Waals surface area contributed by atoms with Gasteiger partial charge < -0.3 is 8.92 Å². The minimum Gasteiger partial charge on any atom is -0.488 e. The molecule has 102 valence electrons. The van der Waals surface area contributed by atoms with E-state index in [1.54, 1.807) is 0 Å². The Balaban J connectivity index is 2.25. The molecule has 0 N–H and O–H groups in total. The van der Waals surface area contributed by atoms with Crippen LogP contribution in [0.5, 0.6) is 11.5 Å². The van der Waals surface area contributed by atoms with Crippen molar-refractivity contribution >= 4 is 24.4 Å². The average Bonchev–Trinajstić information content (AvgIpc) is 2.35. The summed E-state index contributed by atoms with van der Waals surface area (Å²) in [5, 5.41) is 0. The van der Waals surface area contributed by atoms with Crippen molar-refractivity contribution in [1.82, 2.24) is 0 Å². The van der Waals surface area contributed by atoms with Gasteiger partial charge in [-0.05, 0) is 6.08 Å². The van der Waals surface area contributed by atoms with Gasteiger partial charge in [0.2, 0.25) is 0 Å². The van der Waals surface area contributed by atoms with Crippen LogP contribution in [0.25, 0.3) is 6.08 Å². The molecule has 1 aromatic rings. The molecule has 2 rings (SSSR count). The minimum absolute atomic E-state index is 0.0118. The molecule has 0 fully saturated rings. The Kier molecular flexibility index (Phi) is 3.70. The van der Waals surface area contributed by atoms with E-state index in [-0.39, 0.29) is 29.2 Å². The van der Waals surface area contributed by atoms with Crippen LogP contribution in [0.2, 0.25) is 0 Å². The van der Waals surface area contributed by atoms with Crippen LogP contribution in [0, 0.1) is 5.82 Å². The molecule has 0 saturated carbocycles. The van der Waals surface area contributed by atoms with E-state index >= 15 is 0 Å². The molecule has 0 amide bonds. The highest BCUT2D eigenvalue weighted by Crippen LogP contribution is 2.37. The Labute approximate surface area is 109 Å². The molecule has 8 heteroatoms. The summed E-state index contributed by atoms with van der Waals surface area (Å²) >= 11 is -0.743. The third-order valence-electron chi connectivity index (χ3n) is 2.17. The topological polar surface area (TPSA) is 35.5 Å². The smallest absolute Gasteiger partial charge is 0.479 e. The molecular weight excluding hydrogens is 288 g/mol. The number of rotatable bonds is 3. The van der Waals surface area contributed by atoms with Crippen molar-refractivity contribution in [2.45, 2.75) is 5.51 Å². The van der Waals surface area contributed by atoms with E-state index in [0.717, 1.165) is 12.1 Å². The molecule has 0 aromatic heterocycles. The molecule has 0 atom stereocenters. The van der Waals surface area contributed by atoms with Gasteiger partial charge in [0.05, 0.1) is 5.56 Å². The molecule has 0 unspecified atom stereocenters. The van der Waals surface area contributed by atoms with Gasteiger partial charge in [-0.15, -0.1) is 0 Å². The first-order valence-corrected chi connectivity index (χ1v) is 5.68. The lowest BCUT2D eigenvalue weighted by Crippen LogP contribution is -2.09. The van der Waals surface area contributed by atoms with E-state index in [0.29, 0.717) is 6.29 Å². The van der Waals surface area contributed by atoms with E-state index in [1.165, 1.54) is 6.08 Å². The van der Waals surface area contributed by atoms with Crippen LogP contribution < -0.4 is 8.92 Å². The fourth-order valence-corrected chi connectivity index (χ4v) is 1.72. The minimum atomic E-state index is -4.59. The number of fused-ring (bicyclic) bond motifs is 1. The second-order valence-corrected chi connectivity index (χ2v) is 4.35. The number of carbonyl (C=O) groups is 1. The Morgan fingerprint density at radius 3 is 2.74 bits per heavy atom. The molecule has 3 nitrogen and oxygen atoms in total. The van der Waals surface area contributed by atoms with Gasteiger partial charge in [0, 0.05) is 17.7 Å². The number of aldehydes is 1. The zero-order chi connectivity index (χ0) is 14.0. The lowest BCUT2D eigenvalue weighted by molar-refractivity contribution is -0.105. The summed E-state index contributed by atoms with van der Waals surface area (Å²) in [6.45, 7) is -0.0637. The molecule has 0 aliphatic carbocycles. The standard InChI is InChI=1S/C11H6F4O3S/c12-9-2-7(18-19-11(13,14)15)3-10-8(9)1-6(4-16)5-17-10/h1-4H,5H2. The first-order valence-electron chi connectivity index (χ1n) is 4.93. The zero-order valence-electron chi connectivity index (χ0n) is 9.16. The number of ether oxygens (including phenoxy) is 1.